The van der Waals surface area contributed by atoms with E-state index in [2.05, 4.69) is 52.8 Å². The topological polar surface area (TPSA) is 64.1 Å². The van der Waals surface area contributed by atoms with Crippen LogP contribution in [0.25, 0.3) is 33.3 Å². The molecule has 1 aliphatic carbocycles. The fourth-order valence-electron chi connectivity index (χ4n) is 4.54. The molecule has 1 saturated carbocycles. The van der Waals surface area contributed by atoms with Crippen molar-refractivity contribution in [3.05, 3.63) is 84.7 Å². The van der Waals surface area contributed by atoms with Gasteiger partial charge in [0.05, 0.1) is 16.7 Å². The minimum absolute atomic E-state index is 0.368. The number of alkyl carbamates (subject to hydrolysis) is 1. The van der Waals surface area contributed by atoms with Gasteiger partial charge in [0.25, 0.3) is 0 Å². The molecule has 0 atom stereocenters. The van der Waals surface area contributed by atoms with Gasteiger partial charge in [-0.3, -0.25) is 4.98 Å². The number of ether oxygens (including phenoxy) is 1. The van der Waals surface area contributed by atoms with Crippen molar-refractivity contribution >= 4 is 17.0 Å². The van der Waals surface area contributed by atoms with Gasteiger partial charge in [-0.15, -0.1) is 0 Å². The van der Waals surface area contributed by atoms with E-state index in [-0.39, 0.29) is 11.6 Å². The second-order valence-electron chi connectivity index (χ2n) is 9.96. The molecular weight excluding hydrogens is 422 g/mol. The summed E-state index contributed by atoms with van der Waals surface area (Å²) < 4.78 is 5.52. The molecule has 172 valence electrons. The number of nitrogens with one attached hydrogen (secondary N) is 1. The molecule has 2 aromatic carbocycles. The lowest BCUT2D eigenvalue weighted by atomic mass is 9.71. The Kier molecular flexibility index (Phi) is 5.56. The summed E-state index contributed by atoms with van der Waals surface area (Å²) in [6.07, 6.45) is 6.14. The standard InChI is InChI=1S/C29H29N3O2/c1-28(2,3)34-27(33)32-29(15-7-16-29)23-12-10-21(11-13-23)26-24(20-8-5-4-6-9-20)18-22-19-30-17-14-25(22)31-26/h4-6,8-14,17-19H,7,15-16H2,1-3H3,(H,32,33). The summed E-state index contributed by atoms with van der Waals surface area (Å²) in [5.74, 6) is 0. The van der Waals surface area contributed by atoms with Crippen LogP contribution in [-0.2, 0) is 10.3 Å². The smallest absolute Gasteiger partial charge is 0.408 e. The maximum absolute atomic E-state index is 12.5. The Labute approximate surface area is 200 Å². The van der Waals surface area contributed by atoms with E-state index in [1.165, 1.54) is 0 Å². The van der Waals surface area contributed by atoms with Gasteiger partial charge in [0, 0.05) is 28.9 Å². The van der Waals surface area contributed by atoms with E-state index in [0.29, 0.717) is 0 Å². The van der Waals surface area contributed by atoms with E-state index in [4.69, 9.17) is 9.72 Å². The second kappa shape index (κ2) is 8.56. The lowest BCUT2D eigenvalue weighted by molar-refractivity contribution is 0.0377. The molecule has 5 nitrogen and oxygen atoms in total. The van der Waals surface area contributed by atoms with Crippen LogP contribution in [0.4, 0.5) is 4.79 Å². The molecule has 34 heavy (non-hydrogen) atoms. The average Bonchev–Trinajstić information content (AvgIpc) is 2.80. The van der Waals surface area contributed by atoms with Crippen molar-refractivity contribution in [1.82, 2.24) is 15.3 Å². The molecule has 0 spiro atoms. The quantitative estimate of drug-likeness (QED) is 0.368. The molecule has 5 rings (SSSR count). The normalized spacial score (nSPS) is 14.9. The maximum Gasteiger partial charge on any atom is 0.408 e. The van der Waals surface area contributed by atoms with Crippen molar-refractivity contribution < 1.29 is 9.53 Å². The van der Waals surface area contributed by atoms with Crippen LogP contribution >= 0.6 is 0 Å². The average molecular weight is 452 g/mol. The van der Waals surface area contributed by atoms with Gasteiger partial charge in [-0.1, -0.05) is 54.6 Å². The first-order valence-electron chi connectivity index (χ1n) is 11.8. The summed E-state index contributed by atoms with van der Waals surface area (Å²) in [6.45, 7) is 5.64. The molecule has 1 amide bonds. The summed E-state index contributed by atoms with van der Waals surface area (Å²) >= 11 is 0. The van der Waals surface area contributed by atoms with Crippen LogP contribution < -0.4 is 5.32 Å². The van der Waals surface area contributed by atoms with Crippen LogP contribution in [0.15, 0.2) is 79.1 Å². The van der Waals surface area contributed by atoms with Crippen molar-refractivity contribution in [3.8, 4) is 22.4 Å². The highest BCUT2D eigenvalue weighted by atomic mass is 16.6. The van der Waals surface area contributed by atoms with Gasteiger partial charge in [-0.25, -0.2) is 9.78 Å². The number of pyridine rings is 2. The highest BCUT2D eigenvalue weighted by molar-refractivity contribution is 5.91. The van der Waals surface area contributed by atoms with Crippen LogP contribution in [0.5, 0.6) is 0 Å². The molecule has 0 aliphatic heterocycles. The zero-order chi connectivity index (χ0) is 23.8. The Morgan fingerprint density at radius 3 is 2.35 bits per heavy atom. The van der Waals surface area contributed by atoms with Gasteiger partial charge in [-0.05, 0) is 63.3 Å². The van der Waals surface area contributed by atoms with E-state index >= 15 is 0 Å². The fourth-order valence-corrected chi connectivity index (χ4v) is 4.54. The molecule has 1 aliphatic rings. The lowest BCUT2D eigenvalue weighted by Gasteiger charge is -2.43. The molecule has 2 heterocycles. The minimum atomic E-state index is -0.524. The third-order valence-corrected chi connectivity index (χ3v) is 6.36. The first-order chi connectivity index (χ1) is 16.3. The van der Waals surface area contributed by atoms with E-state index in [9.17, 15) is 4.79 Å². The van der Waals surface area contributed by atoms with Crippen LogP contribution in [-0.4, -0.2) is 21.7 Å². The monoisotopic (exact) mass is 451 g/mol. The number of carbonyl (C=O) groups excluding carboxylic acids is 1. The van der Waals surface area contributed by atoms with Gasteiger partial charge in [0.1, 0.15) is 5.60 Å². The Bertz CT molecular complexity index is 1320. The molecule has 4 aromatic rings. The SMILES string of the molecule is CC(C)(C)OC(=O)NC1(c2ccc(-c3nc4ccncc4cc3-c3ccccc3)cc2)CCC1. The summed E-state index contributed by atoms with van der Waals surface area (Å²) in [7, 11) is 0. The number of aromatic nitrogens is 2. The first-order valence-corrected chi connectivity index (χ1v) is 11.8. The van der Waals surface area contributed by atoms with Crippen molar-refractivity contribution in [2.45, 2.75) is 51.2 Å². The van der Waals surface area contributed by atoms with Gasteiger partial charge in [-0.2, -0.15) is 0 Å². The van der Waals surface area contributed by atoms with Crippen LogP contribution in [0, 0.1) is 0 Å². The predicted molar refractivity (Wildman–Crippen MR) is 135 cm³/mol. The Morgan fingerprint density at radius 1 is 0.971 bits per heavy atom. The summed E-state index contributed by atoms with van der Waals surface area (Å²) in [4.78, 5) is 21.8. The van der Waals surface area contributed by atoms with Gasteiger partial charge in [0.2, 0.25) is 0 Å². The third kappa shape index (κ3) is 4.38. The predicted octanol–water partition coefficient (Wildman–Crippen LogP) is 6.87. The first kappa shape index (κ1) is 22.1. The number of hydrogen-bond acceptors (Lipinski definition) is 4. The molecule has 5 heteroatoms. The largest absolute Gasteiger partial charge is 0.444 e. The maximum atomic E-state index is 12.5. The number of nitrogens with zero attached hydrogens (tertiary/aromatic N) is 2. The molecule has 1 fully saturated rings. The van der Waals surface area contributed by atoms with E-state index in [0.717, 1.165) is 58.1 Å². The molecule has 0 bridgehead atoms. The van der Waals surface area contributed by atoms with Crippen molar-refractivity contribution in [1.29, 1.82) is 0 Å². The molecule has 0 unspecified atom stereocenters. The highest BCUT2D eigenvalue weighted by Crippen LogP contribution is 2.42. The van der Waals surface area contributed by atoms with E-state index in [1.54, 1.807) is 6.20 Å². The number of hydrogen-bond donors (Lipinski definition) is 1. The van der Waals surface area contributed by atoms with Crippen molar-refractivity contribution in [2.24, 2.45) is 0 Å². The Balaban J connectivity index is 1.51. The van der Waals surface area contributed by atoms with E-state index < -0.39 is 5.60 Å². The molecular formula is C29H29N3O2. The highest BCUT2D eigenvalue weighted by Gasteiger charge is 2.41. The number of benzene rings is 2. The number of fused-ring (bicyclic) bond motifs is 1. The zero-order valence-corrected chi connectivity index (χ0v) is 19.8. The number of rotatable bonds is 4. The van der Waals surface area contributed by atoms with Crippen molar-refractivity contribution in [2.75, 3.05) is 0 Å². The third-order valence-electron chi connectivity index (χ3n) is 6.36. The van der Waals surface area contributed by atoms with Crippen molar-refractivity contribution in [3.63, 3.8) is 0 Å². The van der Waals surface area contributed by atoms with Crippen LogP contribution in [0.2, 0.25) is 0 Å². The number of amides is 1. The number of carbonyl (C=O) groups is 1. The lowest BCUT2D eigenvalue weighted by Crippen LogP contribution is -2.52. The van der Waals surface area contributed by atoms with Gasteiger partial charge in [0.15, 0.2) is 0 Å². The zero-order valence-electron chi connectivity index (χ0n) is 19.8. The molecule has 2 aromatic heterocycles. The summed E-state index contributed by atoms with van der Waals surface area (Å²) in [6, 6.07) is 22.8. The van der Waals surface area contributed by atoms with E-state index in [1.807, 2.05) is 51.2 Å². The van der Waals surface area contributed by atoms with Gasteiger partial charge >= 0.3 is 6.09 Å². The minimum Gasteiger partial charge on any atom is -0.444 e. The molecule has 0 saturated heterocycles. The second-order valence-corrected chi connectivity index (χ2v) is 9.96. The molecule has 1 N–H and O–H groups in total. The molecule has 0 radical (unpaired) electrons. The van der Waals surface area contributed by atoms with Crippen LogP contribution in [0.1, 0.15) is 45.6 Å². The van der Waals surface area contributed by atoms with Crippen LogP contribution in [0.3, 0.4) is 0 Å². The Hall–Kier alpha value is -3.73. The summed E-state index contributed by atoms with van der Waals surface area (Å²) in [5.41, 5.74) is 5.26. The summed E-state index contributed by atoms with van der Waals surface area (Å²) in [5, 5.41) is 4.15. The van der Waals surface area contributed by atoms with Gasteiger partial charge < -0.3 is 10.1 Å². The fraction of sp³-hybridized carbons (Fsp3) is 0.276. The Morgan fingerprint density at radius 2 is 1.71 bits per heavy atom.